The van der Waals surface area contributed by atoms with Crippen molar-refractivity contribution in [3.8, 4) is 0 Å². The molecule has 1 N–H and O–H groups in total. The highest BCUT2D eigenvalue weighted by atomic mass is 35.5. The van der Waals surface area contributed by atoms with Crippen molar-refractivity contribution < 1.29 is 0 Å². The summed E-state index contributed by atoms with van der Waals surface area (Å²) in [6, 6.07) is 6.38. The van der Waals surface area contributed by atoms with Crippen LogP contribution in [0.15, 0.2) is 18.2 Å². The first kappa shape index (κ1) is 15.8. The summed E-state index contributed by atoms with van der Waals surface area (Å²) in [6.45, 7) is 10.5. The maximum atomic E-state index is 6.02. The van der Waals surface area contributed by atoms with Crippen LogP contribution in [-0.4, -0.2) is 30.6 Å². The van der Waals surface area contributed by atoms with Crippen LogP contribution in [0.5, 0.6) is 0 Å². The Hall–Kier alpha value is -0.280. The highest BCUT2D eigenvalue weighted by Crippen LogP contribution is 2.23. The molecule has 0 fully saturated rings. The van der Waals surface area contributed by atoms with Gasteiger partial charge in [-0.05, 0) is 24.2 Å². The highest BCUT2D eigenvalue weighted by Gasteiger charge is 2.05. The van der Waals surface area contributed by atoms with E-state index in [9.17, 15) is 0 Å². The maximum Gasteiger partial charge on any atom is 0.0595 e. The number of benzene rings is 1. The quantitative estimate of drug-likeness (QED) is 0.821. The van der Waals surface area contributed by atoms with Crippen LogP contribution in [0, 0.1) is 0 Å². The largest absolute Gasteiger partial charge is 0.313 e. The van der Waals surface area contributed by atoms with E-state index in [1.54, 1.807) is 0 Å². The zero-order valence-electron chi connectivity index (χ0n) is 11.3. The summed E-state index contributed by atoms with van der Waals surface area (Å²) >= 11 is 11.9. The van der Waals surface area contributed by atoms with E-state index in [1.165, 1.54) is 5.56 Å². The number of likely N-dealkylation sites (N-methyl/N-ethyl adjacent to an activating group) is 1. The summed E-state index contributed by atoms with van der Waals surface area (Å²) in [5, 5.41) is 4.67. The molecule has 0 spiro atoms. The minimum atomic E-state index is 0.536. The van der Waals surface area contributed by atoms with Gasteiger partial charge in [0, 0.05) is 25.7 Å². The SMILES string of the molecule is CCN(CCNC(C)C)Cc1ccc(Cl)c(Cl)c1. The van der Waals surface area contributed by atoms with Gasteiger partial charge >= 0.3 is 0 Å². The molecule has 0 heterocycles. The van der Waals surface area contributed by atoms with E-state index >= 15 is 0 Å². The van der Waals surface area contributed by atoms with Gasteiger partial charge in [0.05, 0.1) is 10.0 Å². The summed E-state index contributed by atoms with van der Waals surface area (Å²) in [4.78, 5) is 2.38. The van der Waals surface area contributed by atoms with Crippen LogP contribution in [-0.2, 0) is 6.54 Å². The van der Waals surface area contributed by atoms with Gasteiger partial charge in [-0.1, -0.05) is 50.0 Å². The van der Waals surface area contributed by atoms with Gasteiger partial charge in [0.2, 0.25) is 0 Å². The molecule has 2 nitrogen and oxygen atoms in total. The van der Waals surface area contributed by atoms with Gasteiger partial charge < -0.3 is 5.32 Å². The van der Waals surface area contributed by atoms with Crippen molar-refractivity contribution in [2.24, 2.45) is 0 Å². The van der Waals surface area contributed by atoms with Crippen LogP contribution in [0.3, 0.4) is 0 Å². The Morgan fingerprint density at radius 2 is 1.94 bits per heavy atom. The Morgan fingerprint density at radius 3 is 2.50 bits per heavy atom. The predicted octanol–water partition coefficient (Wildman–Crippen LogP) is 3.81. The normalized spacial score (nSPS) is 11.5. The number of halogens is 2. The molecule has 4 heteroatoms. The molecule has 0 unspecified atom stereocenters. The Bertz CT molecular complexity index is 367. The smallest absolute Gasteiger partial charge is 0.0595 e. The molecule has 0 aliphatic carbocycles. The second-order valence-corrected chi connectivity index (χ2v) is 5.54. The summed E-state index contributed by atoms with van der Waals surface area (Å²) in [7, 11) is 0. The van der Waals surface area contributed by atoms with Crippen molar-refractivity contribution in [1.29, 1.82) is 0 Å². The van der Waals surface area contributed by atoms with Crippen LogP contribution in [0.2, 0.25) is 10.0 Å². The number of hydrogen-bond donors (Lipinski definition) is 1. The third-order valence-corrected chi connectivity index (χ3v) is 3.56. The number of nitrogens with one attached hydrogen (secondary N) is 1. The van der Waals surface area contributed by atoms with E-state index in [0.29, 0.717) is 16.1 Å². The van der Waals surface area contributed by atoms with Crippen molar-refractivity contribution in [2.45, 2.75) is 33.4 Å². The van der Waals surface area contributed by atoms with Gasteiger partial charge in [-0.25, -0.2) is 0 Å². The first-order valence-electron chi connectivity index (χ1n) is 6.42. The standard InChI is InChI=1S/C14H22Cl2N2/c1-4-18(8-7-17-11(2)3)10-12-5-6-13(15)14(16)9-12/h5-6,9,11,17H,4,7-8,10H2,1-3H3. The predicted molar refractivity (Wildman–Crippen MR) is 80.6 cm³/mol. The molecule has 0 bridgehead atoms. The molecule has 1 aromatic rings. The van der Waals surface area contributed by atoms with Gasteiger partial charge in [0.1, 0.15) is 0 Å². The van der Waals surface area contributed by atoms with Gasteiger partial charge in [0.15, 0.2) is 0 Å². The number of rotatable bonds is 7. The number of hydrogen-bond acceptors (Lipinski definition) is 2. The van der Waals surface area contributed by atoms with E-state index in [-0.39, 0.29) is 0 Å². The molecule has 0 radical (unpaired) electrons. The van der Waals surface area contributed by atoms with Crippen molar-refractivity contribution >= 4 is 23.2 Å². The summed E-state index contributed by atoms with van der Waals surface area (Å²) in [5.41, 5.74) is 1.20. The molecule has 102 valence electrons. The van der Waals surface area contributed by atoms with Crippen LogP contribution >= 0.6 is 23.2 Å². The first-order chi connectivity index (χ1) is 8.52. The molecule has 1 aromatic carbocycles. The summed E-state index contributed by atoms with van der Waals surface area (Å²) in [6.07, 6.45) is 0. The summed E-state index contributed by atoms with van der Waals surface area (Å²) < 4.78 is 0. The maximum absolute atomic E-state index is 6.02. The van der Waals surface area contributed by atoms with Crippen LogP contribution in [0.1, 0.15) is 26.3 Å². The van der Waals surface area contributed by atoms with Crippen LogP contribution in [0.25, 0.3) is 0 Å². The third kappa shape index (κ3) is 5.57. The van der Waals surface area contributed by atoms with Gasteiger partial charge in [-0.2, -0.15) is 0 Å². The Morgan fingerprint density at radius 1 is 1.22 bits per heavy atom. The molecule has 0 atom stereocenters. The lowest BCUT2D eigenvalue weighted by molar-refractivity contribution is 0.276. The molecule has 18 heavy (non-hydrogen) atoms. The highest BCUT2D eigenvalue weighted by molar-refractivity contribution is 6.42. The van der Waals surface area contributed by atoms with E-state index in [4.69, 9.17) is 23.2 Å². The lowest BCUT2D eigenvalue weighted by Gasteiger charge is -2.21. The van der Waals surface area contributed by atoms with Crippen LogP contribution < -0.4 is 5.32 Å². The molecule has 0 aromatic heterocycles. The van der Waals surface area contributed by atoms with Gasteiger partial charge in [0.25, 0.3) is 0 Å². The van der Waals surface area contributed by atoms with Crippen molar-refractivity contribution in [1.82, 2.24) is 10.2 Å². The van der Waals surface area contributed by atoms with Gasteiger partial charge in [-0.15, -0.1) is 0 Å². The first-order valence-corrected chi connectivity index (χ1v) is 7.18. The summed E-state index contributed by atoms with van der Waals surface area (Å²) in [5.74, 6) is 0. The third-order valence-electron chi connectivity index (χ3n) is 2.82. The molecule has 0 aliphatic rings. The fourth-order valence-electron chi connectivity index (χ4n) is 1.76. The van der Waals surface area contributed by atoms with E-state index in [0.717, 1.165) is 26.2 Å². The zero-order chi connectivity index (χ0) is 13.5. The van der Waals surface area contributed by atoms with Crippen molar-refractivity contribution in [3.63, 3.8) is 0 Å². The fourth-order valence-corrected chi connectivity index (χ4v) is 2.08. The second-order valence-electron chi connectivity index (χ2n) is 4.73. The lowest BCUT2D eigenvalue weighted by atomic mass is 10.2. The number of nitrogens with zero attached hydrogens (tertiary/aromatic N) is 1. The van der Waals surface area contributed by atoms with Crippen molar-refractivity contribution in [2.75, 3.05) is 19.6 Å². The lowest BCUT2D eigenvalue weighted by Crippen LogP contribution is -2.34. The average Bonchev–Trinajstić information content (AvgIpc) is 2.32. The fraction of sp³-hybridized carbons (Fsp3) is 0.571. The Labute approximate surface area is 120 Å². The molecule has 0 aliphatic heterocycles. The van der Waals surface area contributed by atoms with Gasteiger partial charge in [-0.3, -0.25) is 4.90 Å². The topological polar surface area (TPSA) is 15.3 Å². The molecule has 0 amide bonds. The molecule has 1 rings (SSSR count). The molecule has 0 saturated carbocycles. The van der Waals surface area contributed by atoms with E-state index < -0.39 is 0 Å². The second kappa shape index (κ2) is 8.00. The minimum Gasteiger partial charge on any atom is -0.313 e. The molecular weight excluding hydrogens is 267 g/mol. The van der Waals surface area contributed by atoms with Crippen molar-refractivity contribution in [3.05, 3.63) is 33.8 Å². The van der Waals surface area contributed by atoms with E-state index in [1.807, 2.05) is 18.2 Å². The van der Waals surface area contributed by atoms with Crippen LogP contribution in [0.4, 0.5) is 0 Å². The zero-order valence-corrected chi connectivity index (χ0v) is 12.9. The molecule has 0 saturated heterocycles. The Balaban J connectivity index is 2.49. The van der Waals surface area contributed by atoms with E-state index in [2.05, 4.69) is 31.0 Å². The minimum absolute atomic E-state index is 0.536. The molecular formula is C14H22Cl2N2. The Kier molecular flexibility index (Phi) is 7.02. The average molecular weight is 289 g/mol. The monoisotopic (exact) mass is 288 g/mol.